The number of benzene rings is 2. The summed E-state index contributed by atoms with van der Waals surface area (Å²) in [6.45, 7) is 20.9. The highest BCUT2D eigenvalue weighted by Gasteiger charge is 2.63. The summed E-state index contributed by atoms with van der Waals surface area (Å²) in [5.74, 6) is 1.69. The van der Waals surface area contributed by atoms with Gasteiger partial charge in [0.2, 0.25) is 5.69 Å². The Morgan fingerprint density at radius 1 is 1.07 bits per heavy atom. The molecule has 7 heteroatoms. The highest BCUT2D eigenvalue weighted by Crippen LogP contribution is 2.61. The number of piperidine rings is 1. The van der Waals surface area contributed by atoms with Gasteiger partial charge in [0, 0.05) is 48.2 Å². The fourth-order valence-electron chi connectivity index (χ4n) is 7.39. The summed E-state index contributed by atoms with van der Waals surface area (Å²) >= 11 is 6.24. The molecule has 3 fully saturated rings. The molecule has 214 valence electrons. The molecular weight excluding hydrogens is 522 g/mol. The van der Waals surface area contributed by atoms with Gasteiger partial charge < -0.3 is 19.7 Å². The number of nitrogens with zero attached hydrogens (tertiary/aromatic N) is 2. The van der Waals surface area contributed by atoms with Gasteiger partial charge in [0.25, 0.3) is 0 Å². The molecule has 1 aliphatic carbocycles. The van der Waals surface area contributed by atoms with E-state index in [1.807, 2.05) is 12.1 Å². The van der Waals surface area contributed by atoms with Gasteiger partial charge in [0.05, 0.1) is 17.7 Å². The van der Waals surface area contributed by atoms with Crippen LogP contribution in [0.4, 0.5) is 11.4 Å². The Kier molecular flexibility index (Phi) is 8.47. The molecule has 0 radical (unpaired) electrons. The molecule has 2 saturated heterocycles. The molecule has 5 rings (SSSR count). The highest BCUT2D eigenvalue weighted by atomic mass is 35.5. The van der Waals surface area contributed by atoms with Gasteiger partial charge in [-0.15, -0.1) is 0 Å². The van der Waals surface area contributed by atoms with Gasteiger partial charge in [-0.2, -0.15) is 0 Å². The standard InChI is InChI=1S/C33H42ClN3O3/c1-32(2)30(33(3,4)31(32)40-25-10-11-28(35-5)27(34)18-25)19-29(38)23-6-8-24(9-7-23)37-17-14-26(20-37)39-21-22-12-15-36-16-13-22/h6-11,18,22,26,30-31,36H,12-17,19-21H2,1-4H3/t26-,30?,31?/m0/s1. The summed E-state index contributed by atoms with van der Waals surface area (Å²) in [6, 6.07) is 13.3. The Hall–Kier alpha value is -2.59. The third kappa shape index (κ3) is 5.88. The second-order valence-electron chi connectivity index (χ2n) is 13.0. The minimum absolute atomic E-state index is 0.0739. The zero-order chi connectivity index (χ0) is 28.5. The first-order chi connectivity index (χ1) is 19.1. The zero-order valence-corrected chi connectivity index (χ0v) is 25.0. The smallest absolute Gasteiger partial charge is 0.205 e. The highest BCUT2D eigenvalue weighted by molar-refractivity contribution is 6.33. The number of hydrogen-bond donors (Lipinski definition) is 1. The Labute approximate surface area is 244 Å². The van der Waals surface area contributed by atoms with Crippen molar-refractivity contribution in [2.45, 2.75) is 65.6 Å². The SMILES string of the molecule is [C-]#[N+]c1ccc(OC2C(C)(C)C(CC(=O)c3ccc(N4CC[C@H](OCC5CCNCC5)C4)cc3)C2(C)C)cc1Cl. The van der Waals surface area contributed by atoms with Gasteiger partial charge in [-0.25, -0.2) is 4.85 Å². The second kappa shape index (κ2) is 11.7. The summed E-state index contributed by atoms with van der Waals surface area (Å²) in [7, 11) is 0. The van der Waals surface area contributed by atoms with Crippen molar-refractivity contribution < 1.29 is 14.3 Å². The fraction of sp³-hybridized carbons (Fsp3) is 0.576. The number of carbonyl (C=O) groups excluding carboxylic acids is 1. The second-order valence-corrected chi connectivity index (χ2v) is 13.4. The van der Waals surface area contributed by atoms with E-state index in [0.29, 0.717) is 28.8 Å². The third-order valence-electron chi connectivity index (χ3n) is 9.56. The van der Waals surface area contributed by atoms with Crippen LogP contribution in [0.25, 0.3) is 4.85 Å². The van der Waals surface area contributed by atoms with Crippen molar-refractivity contribution in [3.63, 3.8) is 0 Å². The Balaban J connectivity index is 1.15. The summed E-state index contributed by atoms with van der Waals surface area (Å²) in [5, 5.41) is 3.81. The third-order valence-corrected chi connectivity index (χ3v) is 9.86. The van der Waals surface area contributed by atoms with Crippen LogP contribution < -0.4 is 15.0 Å². The molecule has 2 aromatic carbocycles. The van der Waals surface area contributed by atoms with Crippen LogP contribution in [0.2, 0.25) is 5.02 Å². The van der Waals surface area contributed by atoms with Crippen LogP contribution in [-0.2, 0) is 4.74 Å². The van der Waals surface area contributed by atoms with E-state index < -0.39 is 0 Å². The molecule has 2 aliphatic heterocycles. The summed E-state index contributed by atoms with van der Waals surface area (Å²) in [4.78, 5) is 19.2. The topological polar surface area (TPSA) is 55.2 Å². The lowest BCUT2D eigenvalue weighted by molar-refractivity contribution is -0.196. The van der Waals surface area contributed by atoms with E-state index in [0.717, 1.165) is 50.5 Å². The number of ketones is 1. The van der Waals surface area contributed by atoms with E-state index in [2.05, 4.69) is 54.9 Å². The first-order valence-corrected chi connectivity index (χ1v) is 15.0. The van der Waals surface area contributed by atoms with Crippen LogP contribution in [0.3, 0.4) is 0 Å². The molecular formula is C33H42ClN3O3. The minimum Gasteiger partial charge on any atom is -0.489 e. The molecule has 1 N–H and O–H groups in total. The van der Waals surface area contributed by atoms with Crippen LogP contribution in [0.15, 0.2) is 42.5 Å². The monoisotopic (exact) mass is 563 g/mol. The summed E-state index contributed by atoms with van der Waals surface area (Å²) < 4.78 is 12.7. The van der Waals surface area contributed by atoms with E-state index >= 15 is 0 Å². The quantitative estimate of drug-likeness (QED) is 0.258. The fourth-order valence-corrected chi connectivity index (χ4v) is 7.60. The van der Waals surface area contributed by atoms with Gasteiger partial charge in [-0.05, 0) is 80.6 Å². The van der Waals surface area contributed by atoms with Crippen molar-refractivity contribution in [3.8, 4) is 5.75 Å². The zero-order valence-electron chi connectivity index (χ0n) is 24.2. The minimum atomic E-state index is -0.192. The summed E-state index contributed by atoms with van der Waals surface area (Å²) in [6.07, 6.45) is 4.17. The number of ether oxygens (including phenoxy) is 2. The average Bonchev–Trinajstić information content (AvgIpc) is 3.43. The predicted molar refractivity (Wildman–Crippen MR) is 161 cm³/mol. The number of halogens is 1. The van der Waals surface area contributed by atoms with E-state index in [-0.39, 0.29) is 34.7 Å². The van der Waals surface area contributed by atoms with Crippen LogP contribution >= 0.6 is 11.6 Å². The molecule has 2 heterocycles. The molecule has 0 aromatic heterocycles. The van der Waals surface area contributed by atoms with Gasteiger partial charge in [-0.1, -0.05) is 45.4 Å². The van der Waals surface area contributed by atoms with Gasteiger partial charge in [0.15, 0.2) is 5.78 Å². The van der Waals surface area contributed by atoms with Gasteiger partial charge in [0.1, 0.15) is 11.9 Å². The first kappa shape index (κ1) is 28.9. The van der Waals surface area contributed by atoms with Crippen molar-refractivity contribution in [1.82, 2.24) is 5.32 Å². The molecule has 0 amide bonds. The van der Waals surface area contributed by atoms with Crippen LogP contribution in [0.1, 0.15) is 63.7 Å². The molecule has 6 nitrogen and oxygen atoms in total. The largest absolute Gasteiger partial charge is 0.489 e. The Morgan fingerprint density at radius 2 is 1.77 bits per heavy atom. The molecule has 1 atom stereocenters. The number of anilines is 1. The van der Waals surface area contributed by atoms with Gasteiger partial charge in [-0.3, -0.25) is 4.79 Å². The maximum absolute atomic E-state index is 13.4. The molecule has 0 bridgehead atoms. The van der Waals surface area contributed by atoms with Crippen molar-refractivity contribution in [1.29, 1.82) is 0 Å². The molecule has 3 aliphatic rings. The number of carbonyl (C=O) groups is 1. The van der Waals surface area contributed by atoms with Crippen LogP contribution in [-0.4, -0.2) is 50.8 Å². The number of rotatable bonds is 9. The maximum atomic E-state index is 13.4. The lowest BCUT2D eigenvalue weighted by Crippen LogP contribution is -2.66. The van der Waals surface area contributed by atoms with Gasteiger partial charge >= 0.3 is 0 Å². The first-order valence-electron chi connectivity index (χ1n) is 14.6. The van der Waals surface area contributed by atoms with E-state index in [4.69, 9.17) is 27.6 Å². The Bertz CT molecular complexity index is 1230. The molecule has 0 unspecified atom stereocenters. The maximum Gasteiger partial charge on any atom is 0.205 e. The van der Waals surface area contributed by atoms with Crippen LogP contribution in [0.5, 0.6) is 5.75 Å². The normalized spacial score (nSPS) is 25.7. The number of nitrogens with one attached hydrogen (secondary N) is 1. The Morgan fingerprint density at radius 3 is 2.42 bits per heavy atom. The lowest BCUT2D eigenvalue weighted by Gasteiger charge is -2.63. The lowest BCUT2D eigenvalue weighted by atomic mass is 9.44. The van der Waals surface area contributed by atoms with Crippen molar-refractivity contribution in [2.24, 2.45) is 22.7 Å². The van der Waals surface area contributed by atoms with Crippen molar-refractivity contribution in [2.75, 3.05) is 37.7 Å². The summed E-state index contributed by atoms with van der Waals surface area (Å²) in [5.41, 5.74) is 1.95. The average molecular weight is 564 g/mol. The molecule has 2 aromatic rings. The number of Topliss-reactive ketones (excluding diaryl/α,β-unsaturated/α-hetero) is 1. The van der Waals surface area contributed by atoms with E-state index in [1.54, 1.807) is 18.2 Å². The molecule has 40 heavy (non-hydrogen) atoms. The van der Waals surface area contributed by atoms with E-state index in [1.165, 1.54) is 12.8 Å². The van der Waals surface area contributed by atoms with Crippen molar-refractivity contribution in [3.05, 3.63) is 64.5 Å². The number of hydrogen-bond acceptors (Lipinski definition) is 5. The van der Waals surface area contributed by atoms with E-state index in [9.17, 15) is 4.79 Å². The predicted octanol–water partition coefficient (Wildman–Crippen LogP) is 7.19. The molecule has 0 spiro atoms. The molecule has 1 saturated carbocycles. The van der Waals surface area contributed by atoms with Crippen LogP contribution in [0, 0.1) is 29.2 Å². The van der Waals surface area contributed by atoms with Crippen molar-refractivity contribution >= 4 is 28.8 Å².